The Bertz CT molecular complexity index is 379. The van der Waals surface area contributed by atoms with Gasteiger partial charge in [0.15, 0.2) is 0 Å². The van der Waals surface area contributed by atoms with Gasteiger partial charge in [0.25, 0.3) is 0 Å². The van der Waals surface area contributed by atoms with Crippen molar-refractivity contribution in [3.63, 3.8) is 0 Å². The SMILES string of the molecule is Cc1ccsc1C(CC1CN(C)CCN1C)NN. The minimum Gasteiger partial charge on any atom is -0.304 e. The minimum atomic E-state index is 0.268. The molecule has 0 aliphatic carbocycles. The molecule has 2 rings (SSSR count). The maximum absolute atomic E-state index is 5.75. The number of rotatable bonds is 4. The fourth-order valence-electron chi connectivity index (χ4n) is 2.62. The summed E-state index contributed by atoms with van der Waals surface area (Å²) in [5.74, 6) is 5.75. The lowest BCUT2D eigenvalue weighted by molar-refractivity contribution is 0.101. The van der Waals surface area contributed by atoms with Crippen LogP contribution in [0.2, 0.25) is 0 Å². The molecule has 5 heteroatoms. The van der Waals surface area contributed by atoms with Gasteiger partial charge in [-0.3, -0.25) is 11.3 Å². The topological polar surface area (TPSA) is 44.5 Å². The van der Waals surface area contributed by atoms with Crippen LogP contribution in [-0.4, -0.2) is 49.6 Å². The average molecular weight is 268 g/mol. The summed E-state index contributed by atoms with van der Waals surface area (Å²) in [7, 11) is 4.41. The molecule has 1 aliphatic rings. The highest BCUT2D eigenvalue weighted by molar-refractivity contribution is 7.10. The third-order valence-electron chi connectivity index (χ3n) is 3.91. The zero-order chi connectivity index (χ0) is 13.1. The summed E-state index contributed by atoms with van der Waals surface area (Å²) in [5.41, 5.74) is 4.34. The van der Waals surface area contributed by atoms with Crippen molar-refractivity contribution in [2.24, 2.45) is 5.84 Å². The molecule has 2 unspecified atom stereocenters. The van der Waals surface area contributed by atoms with Crippen LogP contribution in [0.3, 0.4) is 0 Å². The van der Waals surface area contributed by atoms with Crippen LogP contribution in [-0.2, 0) is 0 Å². The highest BCUT2D eigenvalue weighted by Gasteiger charge is 2.26. The highest BCUT2D eigenvalue weighted by Crippen LogP contribution is 2.28. The highest BCUT2D eigenvalue weighted by atomic mass is 32.1. The smallest absolute Gasteiger partial charge is 0.0571 e. The number of thiophene rings is 1. The minimum absolute atomic E-state index is 0.268. The van der Waals surface area contributed by atoms with E-state index in [4.69, 9.17) is 5.84 Å². The van der Waals surface area contributed by atoms with E-state index in [-0.39, 0.29) is 6.04 Å². The molecule has 3 N–H and O–H groups in total. The quantitative estimate of drug-likeness (QED) is 0.636. The summed E-state index contributed by atoms with van der Waals surface area (Å²) in [6.45, 7) is 5.58. The number of aryl methyl sites for hydroxylation is 1. The Balaban J connectivity index is 2.04. The van der Waals surface area contributed by atoms with Gasteiger partial charge in [0.05, 0.1) is 6.04 Å². The zero-order valence-electron chi connectivity index (χ0n) is 11.5. The Labute approximate surface area is 114 Å². The summed E-state index contributed by atoms with van der Waals surface area (Å²) in [5, 5.41) is 2.14. The number of nitrogens with two attached hydrogens (primary N) is 1. The number of piperazine rings is 1. The van der Waals surface area contributed by atoms with Crippen LogP contribution in [0.1, 0.15) is 22.9 Å². The standard InChI is InChI=1S/C13H24N4S/c1-10-4-7-18-13(10)12(15-14)8-11-9-16(2)5-6-17(11)3/h4,7,11-12,15H,5-6,8-9,14H2,1-3H3. The van der Waals surface area contributed by atoms with Crippen molar-refractivity contribution in [3.05, 3.63) is 21.9 Å². The molecule has 2 atom stereocenters. The normalized spacial score (nSPS) is 24.3. The van der Waals surface area contributed by atoms with Crippen LogP contribution < -0.4 is 11.3 Å². The lowest BCUT2D eigenvalue weighted by Gasteiger charge is -2.39. The van der Waals surface area contributed by atoms with E-state index >= 15 is 0 Å². The van der Waals surface area contributed by atoms with Gasteiger partial charge in [-0.2, -0.15) is 0 Å². The molecule has 1 aliphatic heterocycles. The number of hydrogen-bond donors (Lipinski definition) is 2. The number of nitrogens with zero attached hydrogens (tertiary/aromatic N) is 2. The maximum Gasteiger partial charge on any atom is 0.0571 e. The van der Waals surface area contributed by atoms with E-state index in [1.165, 1.54) is 10.4 Å². The number of nitrogens with one attached hydrogen (secondary N) is 1. The molecular weight excluding hydrogens is 244 g/mol. The first-order chi connectivity index (χ1) is 8.61. The zero-order valence-corrected chi connectivity index (χ0v) is 12.3. The molecule has 4 nitrogen and oxygen atoms in total. The van der Waals surface area contributed by atoms with Gasteiger partial charge in [-0.15, -0.1) is 11.3 Å². The second-order valence-electron chi connectivity index (χ2n) is 5.32. The molecular formula is C13H24N4S. The van der Waals surface area contributed by atoms with Crippen LogP contribution in [0.4, 0.5) is 0 Å². The second-order valence-corrected chi connectivity index (χ2v) is 6.27. The molecule has 0 saturated carbocycles. The average Bonchev–Trinajstić information content (AvgIpc) is 2.77. The van der Waals surface area contributed by atoms with E-state index in [0.717, 1.165) is 26.1 Å². The number of hydrazine groups is 1. The van der Waals surface area contributed by atoms with Crippen LogP contribution in [0.25, 0.3) is 0 Å². The van der Waals surface area contributed by atoms with Crippen molar-refractivity contribution in [2.75, 3.05) is 33.7 Å². The van der Waals surface area contributed by atoms with E-state index in [1.54, 1.807) is 11.3 Å². The van der Waals surface area contributed by atoms with E-state index in [0.29, 0.717) is 6.04 Å². The monoisotopic (exact) mass is 268 g/mol. The molecule has 102 valence electrons. The summed E-state index contributed by atoms with van der Waals surface area (Å²) in [4.78, 5) is 6.23. The van der Waals surface area contributed by atoms with Crippen molar-refractivity contribution < 1.29 is 0 Å². The fourth-order valence-corrected chi connectivity index (χ4v) is 3.62. The van der Waals surface area contributed by atoms with Crippen molar-refractivity contribution in [1.29, 1.82) is 0 Å². The Morgan fingerprint density at radius 2 is 2.28 bits per heavy atom. The third-order valence-corrected chi connectivity index (χ3v) is 5.04. The van der Waals surface area contributed by atoms with E-state index in [1.807, 2.05) is 0 Å². The molecule has 0 aromatic carbocycles. The van der Waals surface area contributed by atoms with Crippen LogP contribution in [0.15, 0.2) is 11.4 Å². The third kappa shape index (κ3) is 3.10. The molecule has 18 heavy (non-hydrogen) atoms. The van der Waals surface area contributed by atoms with Gasteiger partial charge in [0, 0.05) is 30.6 Å². The summed E-state index contributed by atoms with van der Waals surface area (Å²) in [6, 6.07) is 3.01. The first-order valence-corrected chi connectivity index (χ1v) is 7.38. The lowest BCUT2D eigenvalue weighted by Crippen LogP contribution is -2.51. The Morgan fingerprint density at radius 3 is 2.89 bits per heavy atom. The molecule has 1 aromatic rings. The Morgan fingerprint density at radius 1 is 1.50 bits per heavy atom. The Kier molecular flexibility index (Phi) is 4.75. The van der Waals surface area contributed by atoms with Crippen LogP contribution in [0.5, 0.6) is 0 Å². The molecule has 1 fully saturated rings. The number of hydrogen-bond acceptors (Lipinski definition) is 5. The lowest BCUT2D eigenvalue weighted by atomic mass is 10.0. The Hall–Kier alpha value is -0.460. The summed E-state index contributed by atoms with van der Waals surface area (Å²) >= 11 is 1.80. The van der Waals surface area contributed by atoms with Crippen LogP contribution >= 0.6 is 11.3 Å². The van der Waals surface area contributed by atoms with Gasteiger partial charge < -0.3 is 9.80 Å². The molecule has 0 bridgehead atoms. The second kappa shape index (κ2) is 6.12. The van der Waals surface area contributed by atoms with Crippen molar-refractivity contribution >= 4 is 11.3 Å². The van der Waals surface area contributed by atoms with Gasteiger partial charge in [0.2, 0.25) is 0 Å². The van der Waals surface area contributed by atoms with Crippen molar-refractivity contribution in [2.45, 2.75) is 25.4 Å². The van der Waals surface area contributed by atoms with Gasteiger partial charge in [-0.1, -0.05) is 0 Å². The molecule has 0 radical (unpaired) electrons. The van der Waals surface area contributed by atoms with Crippen molar-refractivity contribution in [3.8, 4) is 0 Å². The molecule has 0 spiro atoms. The first-order valence-electron chi connectivity index (χ1n) is 6.50. The summed E-state index contributed by atoms with van der Waals surface area (Å²) in [6.07, 6.45) is 1.07. The first kappa shape index (κ1) is 14.0. The van der Waals surface area contributed by atoms with E-state index < -0.39 is 0 Å². The maximum atomic E-state index is 5.75. The van der Waals surface area contributed by atoms with Crippen LogP contribution in [0, 0.1) is 6.92 Å². The largest absolute Gasteiger partial charge is 0.304 e. The molecule has 1 aromatic heterocycles. The molecule has 0 amide bonds. The fraction of sp³-hybridized carbons (Fsp3) is 0.692. The molecule has 1 saturated heterocycles. The summed E-state index contributed by atoms with van der Waals surface area (Å²) < 4.78 is 0. The predicted octanol–water partition coefficient (Wildman–Crippen LogP) is 1.20. The van der Waals surface area contributed by atoms with Gasteiger partial charge in [-0.05, 0) is 44.4 Å². The van der Waals surface area contributed by atoms with E-state index in [9.17, 15) is 0 Å². The molecule has 2 heterocycles. The number of likely N-dealkylation sites (N-methyl/N-ethyl adjacent to an activating group) is 2. The predicted molar refractivity (Wildman–Crippen MR) is 77.7 cm³/mol. The van der Waals surface area contributed by atoms with Gasteiger partial charge in [0.1, 0.15) is 0 Å². The van der Waals surface area contributed by atoms with Gasteiger partial charge in [-0.25, -0.2) is 0 Å². The van der Waals surface area contributed by atoms with Gasteiger partial charge >= 0.3 is 0 Å². The van der Waals surface area contributed by atoms with Crippen molar-refractivity contribution in [1.82, 2.24) is 15.2 Å². The van der Waals surface area contributed by atoms with E-state index in [2.05, 4.69) is 47.7 Å².